The summed E-state index contributed by atoms with van der Waals surface area (Å²) in [4.78, 5) is 25.6. The number of nitro benzene ring substituents is 1. The van der Waals surface area contributed by atoms with Crippen LogP contribution in [0, 0.1) is 27.9 Å². The molecule has 4 aliphatic carbocycles. The number of nitro groups is 1. The lowest BCUT2D eigenvalue weighted by Gasteiger charge is -2.56. The number of amides is 1. The smallest absolute Gasteiger partial charge is 0.270 e. The third kappa shape index (κ3) is 2.87. The molecule has 0 radical (unpaired) electrons. The first-order valence-corrected chi connectivity index (χ1v) is 9.13. The summed E-state index contributed by atoms with van der Waals surface area (Å²) in [7, 11) is 3.70. The van der Waals surface area contributed by atoms with Gasteiger partial charge in [0.15, 0.2) is 0 Å². The van der Waals surface area contributed by atoms with E-state index in [-0.39, 0.29) is 17.1 Å². The molecule has 4 bridgehead atoms. The van der Waals surface area contributed by atoms with E-state index in [9.17, 15) is 14.9 Å². The molecule has 1 aromatic rings. The lowest BCUT2D eigenvalue weighted by molar-refractivity contribution is -0.384. The van der Waals surface area contributed by atoms with E-state index in [1.54, 1.807) is 6.07 Å². The van der Waals surface area contributed by atoms with Gasteiger partial charge in [-0.3, -0.25) is 14.9 Å². The van der Waals surface area contributed by atoms with Gasteiger partial charge in [-0.1, -0.05) is 0 Å². The van der Waals surface area contributed by atoms with E-state index < -0.39 is 4.92 Å². The minimum absolute atomic E-state index is 0.0405. The Kier molecular flexibility index (Phi) is 3.74. The zero-order valence-corrected chi connectivity index (χ0v) is 14.8. The third-order valence-corrected chi connectivity index (χ3v) is 6.33. The molecule has 0 heterocycles. The van der Waals surface area contributed by atoms with Crippen molar-refractivity contribution in [2.24, 2.45) is 17.8 Å². The summed E-state index contributed by atoms with van der Waals surface area (Å²) in [6.45, 7) is 0. The summed E-state index contributed by atoms with van der Waals surface area (Å²) in [6, 6.07) is 4.52. The molecule has 6 heteroatoms. The molecule has 1 amide bonds. The highest BCUT2D eigenvalue weighted by Gasteiger charge is 2.51. The molecule has 25 heavy (non-hydrogen) atoms. The average Bonchev–Trinajstić information content (AvgIpc) is 2.52. The Morgan fingerprint density at radius 3 is 2.20 bits per heavy atom. The van der Waals surface area contributed by atoms with Crippen molar-refractivity contribution >= 4 is 17.3 Å². The monoisotopic (exact) mass is 343 g/mol. The quantitative estimate of drug-likeness (QED) is 0.672. The van der Waals surface area contributed by atoms with Gasteiger partial charge in [-0.25, -0.2) is 0 Å². The van der Waals surface area contributed by atoms with Gasteiger partial charge in [0.25, 0.3) is 11.6 Å². The summed E-state index contributed by atoms with van der Waals surface area (Å²) in [5.41, 5.74) is 0.976. The van der Waals surface area contributed by atoms with Crippen LogP contribution in [0.15, 0.2) is 18.2 Å². The maximum Gasteiger partial charge on any atom is 0.270 e. The number of hydrogen-bond donors (Lipinski definition) is 1. The van der Waals surface area contributed by atoms with Crippen molar-refractivity contribution in [1.82, 2.24) is 5.32 Å². The first-order valence-electron chi connectivity index (χ1n) is 9.13. The van der Waals surface area contributed by atoms with Crippen molar-refractivity contribution in [3.63, 3.8) is 0 Å². The van der Waals surface area contributed by atoms with Crippen LogP contribution in [-0.2, 0) is 0 Å². The normalized spacial score (nSPS) is 32.5. The zero-order valence-electron chi connectivity index (χ0n) is 14.8. The van der Waals surface area contributed by atoms with Crippen molar-refractivity contribution in [1.29, 1.82) is 0 Å². The van der Waals surface area contributed by atoms with Crippen molar-refractivity contribution in [3.05, 3.63) is 33.9 Å². The second kappa shape index (κ2) is 5.71. The van der Waals surface area contributed by atoms with E-state index in [2.05, 4.69) is 5.32 Å². The van der Waals surface area contributed by atoms with Crippen LogP contribution >= 0.6 is 0 Å². The molecule has 0 aromatic heterocycles. The summed E-state index contributed by atoms with van der Waals surface area (Å²) < 4.78 is 0. The van der Waals surface area contributed by atoms with Crippen molar-refractivity contribution in [3.8, 4) is 0 Å². The van der Waals surface area contributed by atoms with E-state index in [4.69, 9.17) is 0 Å². The number of nitrogens with zero attached hydrogens (tertiary/aromatic N) is 2. The Labute approximate surface area is 147 Å². The van der Waals surface area contributed by atoms with Gasteiger partial charge in [-0.05, 0) is 62.3 Å². The zero-order chi connectivity index (χ0) is 17.8. The second-order valence-corrected chi connectivity index (χ2v) is 8.50. The van der Waals surface area contributed by atoms with Crippen LogP contribution in [0.3, 0.4) is 0 Å². The molecule has 134 valence electrons. The number of carbonyl (C=O) groups excluding carboxylic acids is 1. The fraction of sp³-hybridized carbons (Fsp3) is 0.632. The van der Waals surface area contributed by atoms with Gasteiger partial charge in [0.1, 0.15) is 0 Å². The van der Waals surface area contributed by atoms with Crippen LogP contribution in [0.5, 0.6) is 0 Å². The molecular formula is C19H25N3O3. The highest BCUT2D eigenvalue weighted by atomic mass is 16.6. The van der Waals surface area contributed by atoms with Crippen molar-refractivity contribution in [2.45, 2.75) is 44.1 Å². The predicted molar refractivity (Wildman–Crippen MR) is 95.8 cm³/mol. The number of benzene rings is 1. The second-order valence-electron chi connectivity index (χ2n) is 8.50. The van der Waals surface area contributed by atoms with Gasteiger partial charge in [0.2, 0.25) is 0 Å². The molecule has 6 nitrogen and oxygen atoms in total. The van der Waals surface area contributed by atoms with E-state index in [0.29, 0.717) is 11.3 Å². The number of rotatable bonds is 4. The van der Waals surface area contributed by atoms with Gasteiger partial charge in [0, 0.05) is 37.5 Å². The van der Waals surface area contributed by atoms with Gasteiger partial charge in [-0.2, -0.15) is 0 Å². The molecule has 4 aliphatic rings. The molecule has 0 unspecified atom stereocenters. The molecule has 5 rings (SSSR count). The van der Waals surface area contributed by atoms with Crippen molar-refractivity contribution in [2.75, 3.05) is 19.0 Å². The number of non-ortho nitro benzene ring substituents is 1. The van der Waals surface area contributed by atoms with Crippen molar-refractivity contribution < 1.29 is 9.72 Å². The van der Waals surface area contributed by atoms with Crippen LogP contribution in [0.2, 0.25) is 0 Å². The first kappa shape index (κ1) is 16.4. The Morgan fingerprint density at radius 2 is 1.72 bits per heavy atom. The molecule has 4 fully saturated rings. The van der Waals surface area contributed by atoms with Crippen LogP contribution in [0.1, 0.15) is 48.9 Å². The standard InChI is InChI=1S/C19H25N3O3/c1-21(2)17-4-3-15(22(24)25)8-16(17)18(23)20-19-9-12-5-13(10-19)7-14(6-12)11-19/h3-4,8,12-14H,5-7,9-11H2,1-2H3,(H,20,23). The first-order chi connectivity index (χ1) is 11.8. The van der Waals surface area contributed by atoms with Crippen LogP contribution < -0.4 is 10.2 Å². The van der Waals surface area contributed by atoms with Crippen LogP contribution in [0.4, 0.5) is 11.4 Å². The maximum absolute atomic E-state index is 13.1. The van der Waals surface area contributed by atoms with E-state index >= 15 is 0 Å². The number of hydrogen-bond acceptors (Lipinski definition) is 4. The van der Waals surface area contributed by atoms with E-state index in [1.807, 2.05) is 19.0 Å². The van der Waals surface area contributed by atoms with Crippen LogP contribution in [0.25, 0.3) is 0 Å². The lowest BCUT2D eigenvalue weighted by atomic mass is 9.53. The fourth-order valence-electron chi connectivity index (χ4n) is 5.78. The molecule has 0 aliphatic heterocycles. The number of carbonyl (C=O) groups is 1. The Morgan fingerprint density at radius 1 is 1.16 bits per heavy atom. The largest absolute Gasteiger partial charge is 0.377 e. The average molecular weight is 343 g/mol. The lowest BCUT2D eigenvalue weighted by Crippen LogP contribution is -2.59. The fourth-order valence-corrected chi connectivity index (χ4v) is 5.78. The highest BCUT2D eigenvalue weighted by Crippen LogP contribution is 2.55. The topological polar surface area (TPSA) is 75.5 Å². The summed E-state index contributed by atoms with van der Waals surface area (Å²) in [5.74, 6) is 2.05. The molecule has 1 N–H and O–H groups in total. The summed E-state index contributed by atoms with van der Waals surface area (Å²) >= 11 is 0. The molecule has 0 spiro atoms. The molecular weight excluding hydrogens is 318 g/mol. The molecule has 1 aromatic carbocycles. The Hall–Kier alpha value is -2.11. The molecule has 0 saturated heterocycles. The Bertz CT molecular complexity index is 693. The summed E-state index contributed by atoms with van der Waals surface area (Å²) in [6.07, 6.45) is 7.14. The van der Waals surface area contributed by atoms with E-state index in [0.717, 1.165) is 37.0 Å². The molecule has 4 saturated carbocycles. The minimum atomic E-state index is -0.444. The maximum atomic E-state index is 13.1. The highest BCUT2D eigenvalue weighted by molar-refractivity contribution is 6.01. The van der Waals surface area contributed by atoms with Gasteiger partial charge >= 0.3 is 0 Å². The summed E-state index contributed by atoms with van der Waals surface area (Å²) in [5, 5.41) is 14.4. The predicted octanol–water partition coefficient (Wildman–Crippen LogP) is 3.36. The van der Waals surface area contributed by atoms with Crippen LogP contribution in [-0.4, -0.2) is 30.5 Å². The van der Waals surface area contributed by atoms with E-state index in [1.165, 1.54) is 31.4 Å². The van der Waals surface area contributed by atoms with Gasteiger partial charge in [-0.15, -0.1) is 0 Å². The SMILES string of the molecule is CN(C)c1ccc([N+](=O)[O-])cc1C(=O)NC12CC3CC(CC(C3)C1)C2. The third-order valence-electron chi connectivity index (χ3n) is 6.33. The van der Waals surface area contributed by atoms with Gasteiger partial charge < -0.3 is 10.2 Å². The minimum Gasteiger partial charge on any atom is -0.377 e. The molecule has 0 atom stereocenters. The number of anilines is 1. The Balaban J connectivity index is 1.63. The van der Waals surface area contributed by atoms with Gasteiger partial charge in [0.05, 0.1) is 10.5 Å². The number of nitrogens with one attached hydrogen (secondary N) is 1.